The number of rotatable bonds is 6. The summed E-state index contributed by atoms with van der Waals surface area (Å²) in [6, 6.07) is 7.63. The molecule has 0 aliphatic rings. The van der Waals surface area contributed by atoms with E-state index < -0.39 is 0 Å². The predicted octanol–water partition coefficient (Wildman–Crippen LogP) is 2.56. The minimum atomic E-state index is 0. The summed E-state index contributed by atoms with van der Waals surface area (Å²) in [7, 11) is 9.62. The van der Waals surface area contributed by atoms with Crippen molar-refractivity contribution < 1.29 is 9.47 Å². The molecule has 0 spiro atoms. The molecule has 0 saturated carbocycles. The number of hydrogen-bond acceptors (Lipinski definition) is 3. The molecule has 6 heteroatoms. The smallest absolute Gasteiger partial charge is 0.195 e. The first kappa shape index (κ1) is 19.8. The van der Waals surface area contributed by atoms with Gasteiger partial charge < -0.3 is 19.3 Å². The number of benzene rings is 1. The quantitative estimate of drug-likeness (QED) is 0.315. The summed E-state index contributed by atoms with van der Waals surface area (Å²) in [6.07, 6.45) is 0.877. The molecule has 1 rings (SSSR count). The first-order valence-electron chi connectivity index (χ1n) is 6.70. The fourth-order valence-corrected chi connectivity index (χ4v) is 1.81. The molecule has 0 N–H and O–H groups in total. The van der Waals surface area contributed by atoms with Crippen LogP contribution in [0.15, 0.2) is 29.3 Å². The Bertz CT molecular complexity index is 427. The van der Waals surface area contributed by atoms with Crippen molar-refractivity contribution in [3.63, 3.8) is 0 Å². The SMILES string of the molecule is COc1cccc(OCCCN=C(N(C)C)N(C)C)c1.I. The molecule has 0 radical (unpaired) electrons. The lowest BCUT2D eigenvalue weighted by Crippen LogP contribution is -2.35. The summed E-state index contributed by atoms with van der Waals surface area (Å²) in [5, 5.41) is 0. The molecule has 0 saturated heterocycles. The zero-order valence-corrected chi connectivity index (χ0v) is 15.8. The largest absolute Gasteiger partial charge is 0.497 e. The molecule has 1 aromatic carbocycles. The van der Waals surface area contributed by atoms with E-state index in [1.165, 1.54) is 0 Å². The molecule has 0 fully saturated rings. The highest BCUT2D eigenvalue weighted by atomic mass is 127. The van der Waals surface area contributed by atoms with Gasteiger partial charge in [0.05, 0.1) is 13.7 Å². The monoisotopic (exact) mass is 407 g/mol. The average molecular weight is 407 g/mol. The van der Waals surface area contributed by atoms with Crippen LogP contribution in [0.4, 0.5) is 0 Å². The number of hydrogen-bond donors (Lipinski definition) is 0. The second-order valence-corrected chi connectivity index (χ2v) is 4.85. The van der Waals surface area contributed by atoms with Crippen LogP contribution in [0.3, 0.4) is 0 Å². The molecule has 5 nitrogen and oxygen atoms in total. The van der Waals surface area contributed by atoms with Crippen LogP contribution >= 0.6 is 24.0 Å². The average Bonchev–Trinajstić information content (AvgIpc) is 2.42. The highest BCUT2D eigenvalue weighted by molar-refractivity contribution is 14.0. The van der Waals surface area contributed by atoms with Crippen molar-refractivity contribution in [3.05, 3.63) is 24.3 Å². The highest BCUT2D eigenvalue weighted by Gasteiger charge is 2.03. The number of halogens is 1. The van der Waals surface area contributed by atoms with Crippen molar-refractivity contribution in [3.8, 4) is 11.5 Å². The first-order chi connectivity index (χ1) is 9.54. The Labute approximate surface area is 145 Å². The van der Waals surface area contributed by atoms with Gasteiger partial charge >= 0.3 is 0 Å². The summed E-state index contributed by atoms with van der Waals surface area (Å²) < 4.78 is 10.8. The maximum atomic E-state index is 5.67. The molecule has 120 valence electrons. The van der Waals surface area contributed by atoms with Gasteiger partial charge in [-0.3, -0.25) is 4.99 Å². The Hall–Kier alpha value is -1.18. The van der Waals surface area contributed by atoms with Crippen LogP contribution < -0.4 is 9.47 Å². The van der Waals surface area contributed by atoms with E-state index in [0.717, 1.165) is 30.4 Å². The van der Waals surface area contributed by atoms with E-state index in [1.807, 2.05) is 62.3 Å². The number of ether oxygens (including phenoxy) is 2. The van der Waals surface area contributed by atoms with E-state index in [2.05, 4.69) is 4.99 Å². The topological polar surface area (TPSA) is 37.3 Å². The number of nitrogens with zero attached hydrogens (tertiary/aromatic N) is 3. The maximum absolute atomic E-state index is 5.67. The van der Waals surface area contributed by atoms with E-state index in [1.54, 1.807) is 7.11 Å². The molecule has 0 amide bonds. The zero-order valence-electron chi connectivity index (χ0n) is 13.5. The summed E-state index contributed by atoms with van der Waals surface area (Å²) in [4.78, 5) is 8.56. The standard InChI is InChI=1S/C15H25N3O2.HI/c1-17(2)15(18(3)4)16-10-7-11-20-14-9-6-8-13(12-14)19-5;/h6,8-9,12H,7,10-11H2,1-5H3;1H. The second kappa shape index (κ2) is 10.5. The molecule has 21 heavy (non-hydrogen) atoms. The highest BCUT2D eigenvalue weighted by Crippen LogP contribution is 2.18. The van der Waals surface area contributed by atoms with Gasteiger partial charge in [-0.2, -0.15) is 0 Å². The van der Waals surface area contributed by atoms with Gasteiger partial charge in [0.1, 0.15) is 11.5 Å². The molecule has 0 unspecified atom stereocenters. The van der Waals surface area contributed by atoms with Crippen LogP contribution in [-0.4, -0.2) is 64.2 Å². The van der Waals surface area contributed by atoms with E-state index >= 15 is 0 Å². The summed E-state index contributed by atoms with van der Waals surface area (Å²) in [6.45, 7) is 1.39. The van der Waals surface area contributed by atoms with Crippen LogP contribution in [0.25, 0.3) is 0 Å². The molecule has 1 aromatic rings. The van der Waals surface area contributed by atoms with Crippen molar-refractivity contribution in [2.75, 3.05) is 48.5 Å². The molecule has 0 heterocycles. The van der Waals surface area contributed by atoms with E-state index in [0.29, 0.717) is 6.61 Å². The summed E-state index contributed by atoms with van der Waals surface area (Å²) in [5.74, 6) is 2.60. The third kappa shape index (κ3) is 7.40. The Morgan fingerprint density at radius 3 is 2.29 bits per heavy atom. The number of guanidine groups is 1. The Balaban J connectivity index is 0.00000400. The van der Waals surface area contributed by atoms with Gasteiger partial charge in [0.2, 0.25) is 0 Å². The predicted molar refractivity (Wildman–Crippen MR) is 98.2 cm³/mol. The van der Waals surface area contributed by atoms with Crippen LogP contribution in [0.1, 0.15) is 6.42 Å². The van der Waals surface area contributed by atoms with E-state index in [4.69, 9.17) is 9.47 Å². The van der Waals surface area contributed by atoms with Gasteiger partial charge in [0.25, 0.3) is 0 Å². The minimum absolute atomic E-state index is 0. The normalized spacial score (nSPS) is 9.38. The Morgan fingerprint density at radius 2 is 1.71 bits per heavy atom. The van der Waals surface area contributed by atoms with Crippen molar-refractivity contribution >= 4 is 29.9 Å². The summed E-state index contributed by atoms with van der Waals surface area (Å²) >= 11 is 0. The lowest BCUT2D eigenvalue weighted by Gasteiger charge is -2.22. The number of aliphatic imine (C=N–C) groups is 1. The minimum Gasteiger partial charge on any atom is -0.497 e. The van der Waals surface area contributed by atoms with Gasteiger partial charge in [-0.25, -0.2) is 0 Å². The van der Waals surface area contributed by atoms with Gasteiger partial charge in [0, 0.05) is 47.2 Å². The van der Waals surface area contributed by atoms with Crippen LogP contribution in [0.5, 0.6) is 11.5 Å². The maximum Gasteiger partial charge on any atom is 0.195 e. The zero-order chi connectivity index (χ0) is 15.0. The molecule has 0 bridgehead atoms. The molecule has 0 aliphatic heterocycles. The number of methoxy groups -OCH3 is 1. The van der Waals surface area contributed by atoms with Crippen LogP contribution in [0.2, 0.25) is 0 Å². The summed E-state index contributed by atoms with van der Waals surface area (Å²) in [5.41, 5.74) is 0. The van der Waals surface area contributed by atoms with Gasteiger partial charge in [-0.1, -0.05) is 6.07 Å². The van der Waals surface area contributed by atoms with Crippen LogP contribution in [-0.2, 0) is 0 Å². The Morgan fingerprint density at radius 1 is 1.10 bits per heavy atom. The third-order valence-electron chi connectivity index (χ3n) is 2.67. The van der Waals surface area contributed by atoms with Crippen LogP contribution in [0, 0.1) is 0 Å². The molecule has 0 atom stereocenters. The Kier molecular flexibility index (Phi) is 9.94. The fraction of sp³-hybridized carbons (Fsp3) is 0.533. The third-order valence-corrected chi connectivity index (χ3v) is 2.67. The molecule has 0 aromatic heterocycles. The fourth-order valence-electron chi connectivity index (χ4n) is 1.81. The van der Waals surface area contributed by atoms with Crippen molar-refractivity contribution in [2.45, 2.75) is 6.42 Å². The van der Waals surface area contributed by atoms with Gasteiger partial charge in [-0.15, -0.1) is 24.0 Å². The molecule has 0 aliphatic carbocycles. The van der Waals surface area contributed by atoms with Gasteiger partial charge in [0.15, 0.2) is 5.96 Å². The molecular weight excluding hydrogens is 381 g/mol. The first-order valence-corrected chi connectivity index (χ1v) is 6.70. The lowest BCUT2D eigenvalue weighted by molar-refractivity contribution is 0.310. The van der Waals surface area contributed by atoms with Crippen molar-refractivity contribution in [1.29, 1.82) is 0 Å². The van der Waals surface area contributed by atoms with E-state index in [9.17, 15) is 0 Å². The van der Waals surface area contributed by atoms with Crippen molar-refractivity contribution in [2.24, 2.45) is 4.99 Å². The second-order valence-electron chi connectivity index (χ2n) is 4.85. The van der Waals surface area contributed by atoms with E-state index in [-0.39, 0.29) is 24.0 Å². The van der Waals surface area contributed by atoms with Gasteiger partial charge in [-0.05, 0) is 12.1 Å². The lowest BCUT2D eigenvalue weighted by atomic mass is 10.3. The van der Waals surface area contributed by atoms with Crippen molar-refractivity contribution in [1.82, 2.24) is 9.80 Å². The molecular formula is C15H26IN3O2.